The second-order valence-corrected chi connectivity index (χ2v) is 5.14. The first-order valence-electron chi connectivity index (χ1n) is 5.62. The fourth-order valence-electron chi connectivity index (χ4n) is 1.35. The molecule has 19 heavy (non-hydrogen) atoms. The highest BCUT2D eigenvalue weighted by Gasteiger charge is 2.30. The summed E-state index contributed by atoms with van der Waals surface area (Å²) in [5.41, 5.74) is -1.05. The number of nitrogens with one attached hydrogen (secondary N) is 1. The van der Waals surface area contributed by atoms with E-state index in [-0.39, 0.29) is 23.9 Å². The van der Waals surface area contributed by atoms with Gasteiger partial charge < -0.3 is 15.5 Å². The van der Waals surface area contributed by atoms with Gasteiger partial charge in [0, 0.05) is 0 Å². The molecule has 6 nitrogen and oxygen atoms in total. The molecule has 0 aliphatic carbocycles. The van der Waals surface area contributed by atoms with Crippen LogP contribution in [0.5, 0.6) is 0 Å². The third-order valence-corrected chi connectivity index (χ3v) is 3.62. The molecule has 0 spiro atoms. The van der Waals surface area contributed by atoms with Crippen LogP contribution in [0.15, 0.2) is 11.4 Å². The summed E-state index contributed by atoms with van der Waals surface area (Å²) in [5, 5.41) is 21.7. The lowest BCUT2D eigenvalue weighted by Crippen LogP contribution is -2.54. The topological polar surface area (TPSA) is 95.3 Å². The molecule has 8 heteroatoms. The molecule has 0 saturated carbocycles. The Morgan fingerprint density at radius 1 is 1.53 bits per heavy atom. The molecule has 3 N–H and O–H groups in total. The van der Waals surface area contributed by atoms with Gasteiger partial charge in [-0.2, -0.15) is 0 Å². The van der Waals surface area contributed by atoms with E-state index in [9.17, 15) is 15.0 Å². The van der Waals surface area contributed by atoms with Crippen molar-refractivity contribution < 1.29 is 15.0 Å². The van der Waals surface area contributed by atoms with Gasteiger partial charge >= 0.3 is 0 Å². The molecule has 0 aliphatic rings. The Morgan fingerprint density at radius 3 is 2.63 bits per heavy atom. The summed E-state index contributed by atoms with van der Waals surface area (Å²) < 4.78 is 0. The van der Waals surface area contributed by atoms with E-state index in [1.54, 1.807) is 13.2 Å². The lowest BCUT2D eigenvalue weighted by molar-refractivity contribution is 0.0648. The first-order valence-corrected chi connectivity index (χ1v) is 7.23. The van der Waals surface area contributed by atoms with E-state index < -0.39 is 11.4 Å². The van der Waals surface area contributed by atoms with Crippen molar-refractivity contribution in [3.8, 4) is 0 Å². The van der Waals surface area contributed by atoms with Crippen molar-refractivity contribution >= 4 is 29.3 Å². The van der Waals surface area contributed by atoms with Gasteiger partial charge in [0.15, 0.2) is 10.9 Å². The van der Waals surface area contributed by atoms with Crippen molar-refractivity contribution in [2.75, 3.05) is 19.5 Å². The van der Waals surface area contributed by atoms with Crippen molar-refractivity contribution in [2.45, 2.75) is 24.0 Å². The highest BCUT2D eigenvalue weighted by molar-refractivity contribution is 7.98. The van der Waals surface area contributed by atoms with Gasteiger partial charge in [-0.15, -0.1) is 0 Å². The summed E-state index contributed by atoms with van der Waals surface area (Å²) >= 11 is 7.17. The molecular formula is C11H16ClN3O3S. The van der Waals surface area contributed by atoms with Crippen LogP contribution < -0.4 is 5.32 Å². The zero-order valence-corrected chi connectivity index (χ0v) is 12.3. The summed E-state index contributed by atoms with van der Waals surface area (Å²) in [6, 6.07) is 0. The largest absolute Gasteiger partial charge is 0.394 e. The normalized spacial score (nSPS) is 11.4. The summed E-state index contributed by atoms with van der Waals surface area (Å²) in [5.74, 6) is -0.548. The maximum Gasteiger partial charge on any atom is 0.272 e. The molecule has 0 fully saturated rings. The lowest BCUT2D eigenvalue weighted by atomic mass is 9.98. The van der Waals surface area contributed by atoms with Crippen LogP contribution in [0.1, 0.15) is 23.8 Å². The van der Waals surface area contributed by atoms with Gasteiger partial charge in [0.2, 0.25) is 0 Å². The molecule has 0 unspecified atom stereocenters. The van der Waals surface area contributed by atoms with Crippen LogP contribution in [0, 0.1) is 0 Å². The molecule has 0 radical (unpaired) electrons. The van der Waals surface area contributed by atoms with E-state index in [0.717, 1.165) is 0 Å². The summed E-state index contributed by atoms with van der Waals surface area (Å²) in [4.78, 5) is 20.1. The zero-order chi connectivity index (χ0) is 14.5. The zero-order valence-electron chi connectivity index (χ0n) is 10.7. The summed E-state index contributed by atoms with van der Waals surface area (Å²) in [7, 11) is 0. The molecule has 1 aromatic heterocycles. The Hall–Kier alpha value is -0.890. The standard InChI is InChI=1S/C11H16ClN3O3S/c1-3-11(5-16,6-17)15-9(18)8-7(12)4-13-10(14-8)19-2/h4,16-17H,3,5-6H2,1-2H3,(H,15,18). The molecule has 0 saturated heterocycles. The lowest BCUT2D eigenvalue weighted by Gasteiger charge is -2.29. The summed E-state index contributed by atoms with van der Waals surface area (Å²) in [6.07, 6.45) is 3.51. The van der Waals surface area contributed by atoms with E-state index in [1.165, 1.54) is 18.0 Å². The minimum absolute atomic E-state index is 0.0285. The number of aromatic nitrogens is 2. The molecule has 0 bridgehead atoms. The molecule has 0 aromatic carbocycles. The fraction of sp³-hybridized carbons (Fsp3) is 0.545. The highest BCUT2D eigenvalue weighted by atomic mass is 35.5. The number of carbonyl (C=O) groups excluding carboxylic acids is 1. The predicted octanol–water partition coefficient (Wildman–Crippen LogP) is 0.715. The Labute approximate surface area is 120 Å². The van der Waals surface area contributed by atoms with Crippen LogP contribution in [-0.4, -0.2) is 51.1 Å². The first kappa shape index (κ1) is 16.2. The van der Waals surface area contributed by atoms with Crippen molar-refractivity contribution in [1.29, 1.82) is 0 Å². The Morgan fingerprint density at radius 2 is 2.16 bits per heavy atom. The van der Waals surface area contributed by atoms with Crippen LogP contribution in [0.2, 0.25) is 5.02 Å². The molecule has 1 amide bonds. The second kappa shape index (κ2) is 7.04. The molecule has 1 heterocycles. The predicted molar refractivity (Wildman–Crippen MR) is 73.5 cm³/mol. The smallest absolute Gasteiger partial charge is 0.272 e. The molecule has 106 valence electrons. The average Bonchev–Trinajstić information content (AvgIpc) is 2.45. The maximum absolute atomic E-state index is 12.1. The number of hydrogen-bond acceptors (Lipinski definition) is 6. The van der Waals surface area contributed by atoms with E-state index >= 15 is 0 Å². The number of nitrogens with zero attached hydrogens (tertiary/aromatic N) is 2. The Kier molecular flexibility index (Phi) is 5.99. The third kappa shape index (κ3) is 3.79. The number of carbonyl (C=O) groups is 1. The highest BCUT2D eigenvalue weighted by Crippen LogP contribution is 2.18. The van der Waals surface area contributed by atoms with Gasteiger partial charge in [-0.3, -0.25) is 4.79 Å². The number of amides is 1. The minimum atomic E-state index is -1.08. The minimum Gasteiger partial charge on any atom is -0.394 e. The van der Waals surface area contributed by atoms with Crippen LogP contribution in [0.25, 0.3) is 0 Å². The van der Waals surface area contributed by atoms with Crippen LogP contribution >= 0.6 is 23.4 Å². The van der Waals surface area contributed by atoms with Crippen molar-refractivity contribution in [3.05, 3.63) is 16.9 Å². The summed E-state index contributed by atoms with van der Waals surface area (Å²) in [6.45, 7) is 1.01. The third-order valence-electron chi connectivity index (χ3n) is 2.78. The Bertz CT molecular complexity index is 447. The van der Waals surface area contributed by atoms with Crippen LogP contribution in [0.3, 0.4) is 0 Å². The van der Waals surface area contributed by atoms with Crippen molar-refractivity contribution in [3.63, 3.8) is 0 Å². The molecule has 1 rings (SSSR count). The quantitative estimate of drug-likeness (QED) is 0.529. The van der Waals surface area contributed by atoms with E-state index in [0.29, 0.717) is 11.6 Å². The molecular weight excluding hydrogens is 290 g/mol. The van der Waals surface area contributed by atoms with E-state index in [1.807, 2.05) is 0 Å². The number of aliphatic hydroxyl groups excluding tert-OH is 2. The van der Waals surface area contributed by atoms with E-state index in [4.69, 9.17) is 11.6 Å². The monoisotopic (exact) mass is 305 g/mol. The Balaban J connectivity index is 3.00. The van der Waals surface area contributed by atoms with Gasteiger partial charge in [0.25, 0.3) is 5.91 Å². The van der Waals surface area contributed by atoms with Gasteiger partial charge in [0.05, 0.1) is 30.0 Å². The number of hydrogen-bond donors (Lipinski definition) is 3. The van der Waals surface area contributed by atoms with Gasteiger partial charge in [-0.25, -0.2) is 9.97 Å². The number of rotatable bonds is 6. The molecule has 0 atom stereocenters. The number of halogens is 1. The van der Waals surface area contributed by atoms with Crippen molar-refractivity contribution in [2.24, 2.45) is 0 Å². The van der Waals surface area contributed by atoms with Crippen LogP contribution in [0.4, 0.5) is 0 Å². The van der Waals surface area contributed by atoms with Crippen LogP contribution in [-0.2, 0) is 0 Å². The number of aliphatic hydroxyl groups is 2. The fourth-order valence-corrected chi connectivity index (χ4v) is 1.87. The second-order valence-electron chi connectivity index (χ2n) is 3.96. The van der Waals surface area contributed by atoms with Gasteiger partial charge in [-0.1, -0.05) is 30.3 Å². The van der Waals surface area contributed by atoms with Gasteiger partial charge in [0.1, 0.15) is 0 Å². The average molecular weight is 306 g/mol. The first-order chi connectivity index (χ1) is 9.01. The number of thioether (sulfide) groups is 1. The molecule has 0 aliphatic heterocycles. The van der Waals surface area contributed by atoms with Gasteiger partial charge in [-0.05, 0) is 12.7 Å². The molecule has 1 aromatic rings. The SMILES string of the molecule is CCC(CO)(CO)NC(=O)c1nc(SC)ncc1Cl. The van der Waals surface area contributed by atoms with E-state index in [2.05, 4.69) is 15.3 Å². The maximum atomic E-state index is 12.1. The van der Waals surface area contributed by atoms with Crippen molar-refractivity contribution in [1.82, 2.24) is 15.3 Å².